The molecule has 0 radical (unpaired) electrons. The number of aromatic nitrogens is 3. The van der Waals surface area contributed by atoms with Crippen molar-refractivity contribution in [3.05, 3.63) is 69.3 Å². The van der Waals surface area contributed by atoms with Crippen LogP contribution in [0.5, 0.6) is 0 Å². The largest absolute Gasteiger partial charge is 0.356 e. The van der Waals surface area contributed by atoms with E-state index in [1.54, 1.807) is 19.3 Å². The van der Waals surface area contributed by atoms with Crippen LogP contribution in [0.3, 0.4) is 0 Å². The molecule has 1 amide bonds. The number of anilines is 1. The lowest BCUT2D eigenvalue weighted by molar-refractivity contribution is 0.102. The van der Waals surface area contributed by atoms with E-state index in [4.69, 9.17) is 23.2 Å². The average Bonchev–Trinajstić information content (AvgIpc) is 3.20. The van der Waals surface area contributed by atoms with Crippen molar-refractivity contribution in [3.63, 3.8) is 0 Å². The van der Waals surface area contributed by atoms with E-state index in [2.05, 4.69) is 15.4 Å². The molecule has 0 unspecified atom stereocenters. The lowest BCUT2D eigenvalue weighted by Crippen LogP contribution is -2.13. The van der Waals surface area contributed by atoms with Gasteiger partial charge in [-0.25, -0.2) is 4.39 Å². The van der Waals surface area contributed by atoms with Crippen molar-refractivity contribution in [2.45, 2.75) is 0 Å². The van der Waals surface area contributed by atoms with Gasteiger partial charge in [0.1, 0.15) is 5.69 Å². The summed E-state index contributed by atoms with van der Waals surface area (Å²) in [4.78, 5) is 27.3. The highest BCUT2D eigenvalue weighted by atomic mass is 35.5. The molecule has 3 rings (SSSR count). The molecule has 2 aromatic heterocycles. The molecule has 6 nitrogen and oxygen atoms in total. The van der Waals surface area contributed by atoms with E-state index in [1.807, 2.05) is 0 Å². The van der Waals surface area contributed by atoms with Gasteiger partial charge in [0.25, 0.3) is 5.91 Å². The SMILES string of the molecule is Cn1ccc(NC(=O)c2cc(C(=O)c3c(Cl)ccc(Cl)c3F)c[nH]2)n1. The summed E-state index contributed by atoms with van der Waals surface area (Å²) >= 11 is 11.6. The van der Waals surface area contributed by atoms with Crippen molar-refractivity contribution in [1.29, 1.82) is 0 Å². The minimum atomic E-state index is -0.903. The van der Waals surface area contributed by atoms with E-state index >= 15 is 0 Å². The van der Waals surface area contributed by atoms with Crippen molar-refractivity contribution in [2.75, 3.05) is 5.32 Å². The van der Waals surface area contributed by atoms with E-state index in [0.29, 0.717) is 5.82 Å². The van der Waals surface area contributed by atoms with Crippen molar-refractivity contribution in [1.82, 2.24) is 14.8 Å². The van der Waals surface area contributed by atoms with Gasteiger partial charge in [-0.05, 0) is 18.2 Å². The summed E-state index contributed by atoms with van der Waals surface area (Å²) in [6, 6.07) is 5.52. The molecule has 3 aromatic rings. The fraction of sp³-hybridized carbons (Fsp3) is 0.0625. The predicted molar refractivity (Wildman–Crippen MR) is 91.8 cm³/mol. The average molecular weight is 381 g/mol. The Hall–Kier alpha value is -2.64. The predicted octanol–water partition coefficient (Wildman–Crippen LogP) is 3.68. The van der Waals surface area contributed by atoms with E-state index in [1.165, 1.54) is 29.1 Å². The van der Waals surface area contributed by atoms with E-state index in [0.717, 1.165) is 0 Å². The van der Waals surface area contributed by atoms with Gasteiger partial charge in [0.15, 0.2) is 17.4 Å². The minimum absolute atomic E-state index is 0.0624. The number of hydrogen-bond acceptors (Lipinski definition) is 3. The molecule has 9 heteroatoms. The van der Waals surface area contributed by atoms with Crippen LogP contribution in [0.25, 0.3) is 0 Å². The zero-order valence-corrected chi connectivity index (χ0v) is 14.3. The first-order valence-corrected chi connectivity index (χ1v) is 7.80. The molecule has 2 N–H and O–H groups in total. The van der Waals surface area contributed by atoms with Crippen LogP contribution in [0, 0.1) is 5.82 Å². The highest BCUT2D eigenvalue weighted by Gasteiger charge is 2.22. The molecule has 0 aliphatic carbocycles. The molecule has 0 saturated carbocycles. The number of amides is 1. The summed E-state index contributed by atoms with van der Waals surface area (Å²) in [7, 11) is 1.71. The number of nitrogens with one attached hydrogen (secondary N) is 2. The molecular formula is C16H11Cl2FN4O2. The maximum atomic E-state index is 14.1. The number of carbonyl (C=O) groups is 2. The van der Waals surface area contributed by atoms with Crippen LogP contribution in [0.2, 0.25) is 10.0 Å². The third-order valence-corrected chi connectivity index (χ3v) is 4.02. The Balaban J connectivity index is 1.85. The van der Waals surface area contributed by atoms with Gasteiger partial charge in [-0.1, -0.05) is 23.2 Å². The number of aromatic amines is 1. The third-order valence-electron chi connectivity index (χ3n) is 3.42. The number of carbonyl (C=O) groups excluding carboxylic acids is 2. The van der Waals surface area contributed by atoms with E-state index in [9.17, 15) is 14.0 Å². The smallest absolute Gasteiger partial charge is 0.273 e. The zero-order valence-electron chi connectivity index (χ0n) is 12.8. The van der Waals surface area contributed by atoms with Crippen LogP contribution >= 0.6 is 23.2 Å². The summed E-state index contributed by atoms with van der Waals surface area (Å²) < 4.78 is 15.6. The third kappa shape index (κ3) is 3.42. The Bertz CT molecular complexity index is 980. The molecule has 128 valence electrons. The second-order valence-electron chi connectivity index (χ2n) is 5.18. The molecule has 0 saturated heterocycles. The molecule has 1 aromatic carbocycles. The lowest BCUT2D eigenvalue weighted by Gasteiger charge is -2.05. The first-order chi connectivity index (χ1) is 11.9. The fourth-order valence-corrected chi connectivity index (χ4v) is 2.59. The monoisotopic (exact) mass is 380 g/mol. The number of rotatable bonds is 4. The summed E-state index contributed by atoms with van der Waals surface area (Å²) in [5.41, 5.74) is -0.147. The van der Waals surface area contributed by atoms with Gasteiger partial charge in [-0.2, -0.15) is 5.10 Å². The number of benzene rings is 1. The topological polar surface area (TPSA) is 79.8 Å². The molecular weight excluding hydrogens is 370 g/mol. The molecule has 0 spiro atoms. The van der Waals surface area contributed by atoms with E-state index in [-0.39, 0.29) is 26.9 Å². The number of ketones is 1. The second-order valence-corrected chi connectivity index (χ2v) is 5.99. The number of aryl methyl sites for hydroxylation is 1. The zero-order chi connectivity index (χ0) is 18.1. The Morgan fingerprint density at radius 2 is 1.96 bits per heavy atom. The quantitative estimate of drug-likeness (QED) is 0.535. The highest BCUT2D eigenvalue weighted by molar-refractivity contribution is 6.37. The van der Waals surface area contributed by atoms with Crippen LogP contribution in [-0.2, 0) is 7.05 Å². The van der Waals surface area contributed by atoms with Gasteiger partial charge >= 0.3 is 0 Å². The summed E-state index contributed by atoms with van der Waals surface area (Å²) in [6.07, 6.45) is 2.97. The Labute approximate surface area is 151 Å². The van der Waals surface area contributed by atoms with Crippen LogP contribution in [-0.4, -0.2) is 26.5 Å². The molecule has 0 aliphatic rings. The Morgan fingerprint density at radius 1 is 1.24 bits per heavy atom. The Morgan fingerprint density at radius 3 is 2.64 bits per heavy atom. The van der Waals surface area contributed by atoms with Crippen molar-refractivity contribution in [2.24, 2.45) is 7.05 Å². The summed E-state index contributed by atoms with van der Waals surface area (Å²) in [5, 5.41) is 6.31. The van der Waals surface area contributed by atoms with Crippen molar-refractivity contribution in [3.8, 4) is 0 Å². The van der Waals surface area contributed by atoms with Gasteiger partial charge in [-0.3, -0.25) is 14.3 Å². The number of halogens is 3. The molecule has 2 heterocycles. The van der Waals surface area contributed by atoms with Crippen molar-refractivity contribution >= 4 is 40.7 Å². The van der Waals surface area contributed by atoms with Crippen LogP contribution in [0.1, 0.15) is 26.4 Å². The highest BCUT2D eigenvalue weighted by Crippen LogP contribution is 2.28. The van der Waals surface area contributed by atoms with Gasteiger partial charge in [-0.15, -0.1) is 0 Å². The van der Waals surface area contributed by atoms with Gasteiger partial charge < -0.3 is 10.3 Å². The number of nitrogens with zero attached hydrogens (tertiary/aromatic N) is 2. The Kier molecular flexibility index (Phi) is 4.61. The van der Waals surface area contributed by atoms with E-state index < -0.39 is 17.5 Å². The number of hydrogen-bond donors (Lipinski definition) is 2. The standard InChI is InChI=1S/C16H11Cl2FN4O2/c1-23-5-4-12(22-23)21-16(25)11-6-8(7-20-11)15(24)13-9(17)2-3-10(18)14(13)19/h2-7,20H,1H3,(H,21,22,25). The van der Waals surface area contributed by atoms with Crippen LogP contribution < -0.4 is 5.32 Å². The summed E-state index contributed by atoms with van der Waals surface area (Å²) in [5.74, 6) is -1.72. The molecule has 0 fully saturated rings. The normalized spacial score (nSPS) is 10.7. The molecule has 0 aliphatic heterocycles. The first-order valence-electron chi connectivity index (χ1n) is 7.04. The second kappa shape index (κ2) is 6.70. The maximum absolute atomic E-state index is 14.1. The maximum Gasteiger partial charge on any atom is 0.273 e. The van der Waals surface area contributed by atoms with Gasteiger partial charge in [0.05, 0.1) is 15.6 Å². The molecule has 0 atom stereocenters. The lowest BCUT2D eigenvalue weighted by atomic mass is 10.0. The fourth-order valence-electron chi connectivity index (χ4n) is 2.20. The van der Waals surface area contributed by atoms with Crippen LogP contribution in [0.4, 0.5) is 10.2 Å². The molecule has 25 heavy (non-hydrogen) atoms. The minimum Gasteiger partial charge on any atom is -0.356 e. The summed E-state index contributed by atoms with van der Waals surface area (Å²) in [6.45, 7) is 0. The first kappa shape index (κ1) is 17.2. The molecule has 0 bridgehead atoms. The van der Waals surface area contributed by atoms with Crippen LogP contribution in [0.15, 0.2) is 36.7 Å². The van der Waals surface area contributed by atoms with Gasteiger partial charge in [0, 0.05) is 31.1 Å². The number of H-pyrrole nitrogens is 1. The van der Waals surface area contributed by atoms with Gasteiger partial charge in [0.2, 0.25) is 0 Å². The van der Waals surface area contributed by atoms with Crippen molar-refractivity contribution < 1.29 is 14.0 Å².